The third kappa shape index (κ3) is 4.88. The number of nitrogens with zero attached hydrogens (tertiary/aromatic N) is 2. The van der Waals surface area contributed by atoms with Gasteiger partial charge in [0.2, 0.25) is 18.1 Å². The lowest BCUT2D eigenvalue weighted by atomic mass is 10.0. The molecule has 178 valence electrons. The van der Waals surface area contributed by atoms with Crippen LogP contribution in [0.5, 0.6) is 11.5 Å². The van der Waals surface area contributed by atoms with Crippen molar-refractivity contribution in [3.8, 4) is 11.5 Å². The van der Waals surface area contributed by atoms with Gasteiger partial charge in [-0.1, -0.05) is 13.8 Å². The summed E-state index contributed by atoms with van der Waals surface area (Å²) in [5, 5.41) is 6.00. The average Bonchev–Trinajstić information content (AvgIpc) is 3.29. The zero-order valence-electron chi connectivity index (χ0n) is 19.5. The number of carbonyl (C=O) groups excluding carboxylic acids is 2. The fourth-order valence-corrected chi connectivity index (χ4v) is 3.96. The minimum atomic E-state index is -0.781. The van der Waals surface area contributed by atoms with E-state index in [1.165, 1.54) is 6.20 Å². The van der Waals surface area contributed by atoms with Crippen molar-refractivity contribution >= 4 is 22.7 Å². The number of pyridine rings is 2. The molecule has 0 bridgehead atoms. The molecule has 0 unspecified atom stereocenters. The first kappa shape index (κ1) is 23.3. The molecule has 4 rings (SSSR count). The van der Waals surface area contributed by atoms with E-state index in [2.05, 4.69) is 15.6 Å². The molecule has 1 aromatic carbocycles. The molecule has 9 heteroatoms. The molecule has 0 spiro atoms. The number of aromatic nitrogens is 2. The fraction of sp³-hybridized carbons (Fsp3) is 0.360. The van der Waals surface area contributed by atoms with Crippen LogP contribution in [0.3, 0.4) is 0 Å². The predicted octanol–water partition coefficient (Wildman–Crippen LogP) is 2.61. The Morgan fingerprint density at radius 2 is 1.85 bits per heavy atom. The minimum Gasteiger partial charge on any atom is -0.454 e. The molecule has 1 aliphatic rings. The molecule has 0 aliphatic carbocycles. The zero-order valence-corrected chi connectivity index (χ0v) is 19.5. The summed E-state index contributed by atoms with van der Waals surface area (Å²) in [6, 6.07) is 6.19. The van der Waals surface area contributed by atoms with Crippen molar-refractivity contribution in [2.24, 2.45) is 5.92 Å². The summed E-state index contributed by atoms with van der Waals surface area (Å²) in [6.45, 7) is 6.81. The van der Waals surface area contributed by atoms with Gasteiger partial charge in [-0.25, -0.2) is 0 Å². The van der Waals surface area contributed by atoms with Gasteiger partial charge in [0.15, 0.2) is 11.5 Å². The van der Waals surface area contributed by atoms with Crippen LogP contribution < -0.4 is 25.5 Å². The highest BCUT2D eigenvalue weighted by atomic mass is 16.7. The van der Waals surface area contributed by atoms with Crippen molar-refractivity contribution in [3.63, 3.8) is 0 Å². The van der Waals surface area contributed by atoms with Crippen LogP contribution in [0.15, 0.2) is 47.7 Å². The lowest BCUT2D eigenvalue weighted by molar-refractivity contribution is -0.123. The first-order valence-electron chi connectivity index (χ1n) is 11.3. The van der Waals surface area contributed by atoms with Gasteiger partial charge >= 0.3 is 0 Å². The number of amides is 2. The number of rotatable bonds is 8. The summed E-state index contributed by atoms with van der Waals surface area (Å²) in [7, 11) is 0. The van der Waals surface area contributed by atoms with Gasteiger partial charge in [0.05, 0.1) is 10.9 Å². The van der Waals surface area contributed by atoms with Gasteiger partial charge < -0.3 is 24.7 Å². The van der Waals surface area contributed by atoms with Crippen LogP contribution in [0.25, 0.3) is 10.9 Å². The van der Waals surface area contributed by atoms with Gasteiger partial charge in [-0.3, -0.25) is 19.4 Å². The van der Waals surface area contributed by atoms with Gasteiger partial charge in [0, 0.05) is 37.7 Å². The van der Waals surface area contributed by atoms with Crippen LogP contribution in [-0.2, 0) is 17.9 Å². The summed E-state index contributed by atoms with van der Waals surface area (Å²) in [5.41, 5.74) is 1.11. The first-order chi connectivity index (χ1) is 16.4. The normalized spacial score (nSPS) is 13.2. The Morgan fingerprint density at radius 3 is 2.53 bits per heavy atom. The Morgan fingerprint density at radius 1 is 1.15 bits per heavy atom. The lowest BCUT2D eigenvalue weighted by Crippen LogP contribution is -2.48. The largest absolute Gasteiger partial charge is 0.454 e. The van der Waals surface area contributed by atoms with E-state index in [9.17, 15) is 14.4 Å². The molecule has 2 aromatic heterocycles. The standard InChI is InChI=1S/C25H28N4O5/c1-4-29-13-18(23(30)17-10-21-22(11-20(17)29)34-14-33-21)24(31)28-19(9-15(2)3)25(32)27-12-16-5-7-26-8-6-16/h5-8,10-11,13,15,19H,4,9,12,14H2,1-3H3,(H,27,32)(H,28,31)/t19-/m0/s1. The predicted molar refractivity (Wildman–Crippen MR) is 127 cm³/mol. The van der Waals surface area contributed by atoms with Crippen LogP contribution >= 0.6 is 0 Å². The topological polar surface area (TPSA) is 112 Å². The molecule has 9 nitrogen and oxygen atoms in total. The molecule has 2 amide bonds. The SMILES string of the molecule is CCn1cc(C(=O)N[C@@H](CC(C)C)C(=O)NCc2ccncc2)c(=O)c2cc3c(cc21)OCO3. The van der Waals surface area contributed by atoms with Crippen molar-refractivity contribution < 1.29 is 19.1 Å². The van der Waals surface area contributed by atoms with E-state index >= 15 is 0 Å². The molecule has 0 fully saturated rings. The number of hydrogen-bond acceptors (Lipinski definition) is 6. The van der Waals surface area contributed by atoms with Gasteiger partial charge in [0.25, 0.3) is 5.91 Å². The first-order valence-corrected chi connectivity index (χ1v) is 11.3. The van der Waals surface area contributed by atoms with Crippen molar-refractivity contribution in [2.45, 2.75) is 46.3 Å². The second-order valence-electron chi connectivity index (χ2n) is 8.61. The third-order valence-corrected chi connectivity index (χ3v) is 5.70. The van der Waals surface area contributed by atoms with E-state index in [1.54, 1.807) is 24.5 Å². The molecule has 2 N–H and O–H groups in total. The smallest absolute Gasteiger partial charge is 0.257 e. The summed E-state index contributed by atoms with van der Waals surface area (Å²) in [5.74, 6) is 0.295. The zero-order chi connectivity index (χ0) is 24.2. The van der Waals surface area contributed by atoms with E-state index in [1.807, 2.05) is 37.5 Å². The number of carbonyl (C=O) groups is 2. The summed E-state index contributed by atoms with van der Waals surface area (Å²) >= 11 is 0. The molecule has 3 aromatic rings. The van der Waals surface area contributed by atoms with E-state index < -0.39 is 17.4 Å². The number of hydrogen-bond donors (Lipinski definition) is 2. The summed E-state index contributed by atoms with van der Waals surface area (Å²) in [6.07, 6.45) is 5.27. The molecule has 0 radical (unpaired) electrons. The van der Waals surface area contributed by atoms with Crippen LogP contribution in [0, 0.1) is 5.92 Å². The van der Waals surface area contributed by atoms with E-state index in [4.69, 9.17) is 9.47 Å². The van der Waals surface area contributed by atoms with Gasteiger partial charge in [-0.2, -0.15) is 0 Å². The Balaban J connectivity index is 1.60. The van der Waals surface area contributed by atoms with Crippen molar-refractivity contribution in [3.05, 3.63) is 64.2 Å². The van der Waals surface area contributed by atoms with Crippen molar-refractivity contribution in [2.75, 3.05) is 6.79 Å². The minimum absolute atomic E-state index is 0.0242. The third-order valence-electron chi connectivity index (χ3n) is 5.70. The Hall–Kier alpha value is -3.88. The van der Waals surface area contributed by atoms with E-state index in [-0.39, 0.29) is 24.2 Å². The highest BCUT2D eigenvalue weighted by Gasteiger charge is 2.25. The molecule has 1 aliphatic heterocycles. The van der Waals surface area contributed by atoms with Crippen LogP contribution in [0.1, 0.15) is 43.1 Å². The monoisotopic (exact) mass is 464 g/mol. The maximum atomic E-state index is 13.2. The molecular formula is C25H28N4O5. The number of aryl methyl sites for hydroxylation is 1. The van der Waals surface area contributed by atoms with Crippen LogP contribution in [0.2, 0.25) is 0 Å². The highest BCUT2D eigenvalue weighted by Crippen LogP contribution is 2.35. The Bertz CT molecular complexity index is 1270. The molecular weight excluding hydrogens is 436 g/mol. The summed E-state index contributed by atoms with van der Waals surface area (Å²) < 4.78 is 12.7. The second kappa shape index (κ2) is 9.94. The highest BCUT2D eigenvalue weighted by molar-refractivity contribution is 6.00. The molecule has 1 atom stereocenters. The Labute approximate surface area is 197 Å². The number of benzene rings is 1. The second-order valence-corrected chi connectivity index (χ2v) is 8.61. The Kier molecular flexibility index (Phi) is 6.81. The van der Waals surface area contributed by atoms with E-state index in [0.717, 1.165) is 5.56 Å². The number of fused-ring (bicyclic) bond motifs is 2. The van der Waals surface area contributed by atoms with Gasteiger partial charge in [-0.15, -0.1) is 0 Å². The fourth-order valence-electron chi connectivity index (χ4n) is 3.96. The molecule has 34 heavy (non-hydrogen) atoms. The summed E-state index contributed by atoms with van der Waals surface area (Å²) in [4.78, 5) is 43.3. The average molecular weight is 465 g/mol. The molecule has 0 saturated carbocycles. The van der Waals surface area contributed by atoms with Crippen LogP contribution in [-0.4, -0.2) is 34.2 Å². The van der Waals surface area contributed by atoms with Gasteiger partial charge in [0.1, 0.15) is 11.6 Å². The van der Waals surface area contributed by atoms with Crippen molar-refractivity contribution in [1.82, 2.24) is 20.2 Å². The van der Waals surface area contributed by atoms with E-state index in [0.29, 0.717) is 41.9 Å². The van der Waals surface area contributed by atoms with Crippen LogP contribution in [0.4, 0.5) is 0 Å². The maximum absolute atomic E-state index is 13.2. The molecule has 0 saturated heterocycles. The maximum Gasteiger partial charge on any atom is 0.257 e. The lowest BCUT2D eigenvalue weighted by Gasteiger charge is -2.21. The van der Waals surface area contributed by atoms with Crippen molar-refractivity contribution in [1.29, 1.82) is 0 Å². The van der Waals surface area contributed by atoms with Gasteiger partial charge in [-0.05, 0) is 43.0 Å². The quantitative estimate of drug-likeness (QED) is 0.530. The molecule has 3 heterocycles. The number of ether oxygens (including phenoxy) is 2. The number of nitrogens with one attached hydrogen (secondary N) is 2.